The van der Waals surface area contributed by atoms with E-state index in [9.17, 15) is 9.90 Å². The molecule has 2 aliphatic rings. The topological polar surface area (TPSA) is 76.4 Å². The van der Waals surface area contributed by atoms with Gasteiger partial charge < -0.3 is 15.3 Å². The van der Waals surface area contributed by atoms with Crippen LogP contribution in [0.3, 0.4) is 0 Å². The molecule has 4 heterocycles. The molecule has 158 valence electrons. The van der Waals surface area contributed by atoms with Crippen molar-refractivity contribution in [1.29, 1.82) is 0 Å². The second-order valence-corrected chi connectivity index (χ2v) is 8.75. The van der Waals surface area contributed by atoms with Crippen molar-refractivity contribution >= 4 is 17.1 Å². The number of carbonyl (C=O) groups is 1. The number of anilines is 1. The second-order valence-electron chi connectivity index (χ2n) is 8.75. The van der Waals surface area contributed by atoms with Crippen LogP contribution in [0.4, 0.5) is 5.69 Å². The van der Waals surface area contributed by atoms with Gasteiger partial charge in [-0.3, -0.25) is 14.6 Å². The van der Waals surface area contributed by atoms with Crippen LogP contribution < -0.4 is 10.2 Å². The lowest BCUT2D eigenvalue weighted by Gasteiger charge is -2.40. The fourth-order valence-electron chi connectivity index (χ4n) is 4.43. The van der Waals surface area contributed by atoms with Gasteiger partial charge in [0.2, 0.25) is 12.3 Å². The van der Waals surface area contributed by atoms with Gasteiger partial charge in [0.25, 0.3) is 0 Å². The lowest BCUT2D eigenvalue weighted by Crippen LogP contribution is -2.54. The molecule has 8 heteroatoms. The van der Waals surface area contributed by atoms with Crippen molar-refractivity contribution < 1.29 is 9.90 Å². The van der Waals surface area contributed by atoms with Crippen LogP contribution in [0, 0.1) is 5.92 Å². The lowest BCUT2D eigenvalue weighted by molar-refractivity contribution is -0.125. The molecule has 2 atom stereocenters. The number of aliphatic hydroxyl groups is 1. The van der Waals surface area contributed by atoms with Crippen LogP contribution in [0.1, 0.15) is 32.8 Å². The summed E-state index contributed by atoms with van der Waals surface area (Å²) in [5, 5.41) is 17.3. The van der Waals surface area contributed by atoms with Crippen LogP contribution in [0.5, 0.6) is 0 Å². The average molecular weight is 401 g/mol. The van der Waals surface area contributed by atoms with Gasteiger partial charge in [-0.2, -0.15) is 5.10 Å². The third-order valence-electron chi connectivity index (χ3n) is 5.90. The normalized spacial score (nSPS) is 24.4. The maximum Gasteiger partial charge on any atom is 0.225 e. The third kappa shape index (κ3) is 4.39. The Hall–Kier alpha value is -2.16. The molecule has 29 heavy (non-hydrogen) atoms. The zero-order valence-electron chi connectivity index (χ0n) is 17.6. The molecule has 0 bridgehead atoms. The summed E-state index contributed by atoms with van der Waals surface area (Å²) in [4.78, 5) is 18.4. The van der Waals surface area contributed by atoms with Crippen LogP contribution in [0.15, 0.2) is 24.5 Å². The van der Waals surface area contributed by atoms with E-state index in [-0.39, 0.29) is 5.91 Å². The first-order valence-electron chi connectivity index (χ1n) is 10.6. The molecule has 0 radical (unpaired) electrons. The highest BCUT2D eigenvalue weighted by Crippen LogP contribution is 2.25. The van der Waals surface area contributed by atoms with E-state index < -0.39 is 6.35 Å². The van der Waals surface area contributed by atoms with E-state index >= 15 is 0 Å². The van der Waals surface area contributed by atoms with E-state index in [1.54, 1.807) is 11.1 Å². The fraction of sp³-hybridized carbons (Fsp3) is 0.619. The molecule has 0 aliphatic carbocycles. The van der Waals surface area contributed by atoms with Gasteiger partial charge in [-0.05, 0) is 30.5 Å². The van der Waals surface area contributed by atoms with E-state index in [1.165, 1.54) is 5.56 Å². The zero-order chi connectivity index (χ0) is 20.5. The molecule has 2 fully saturated rings. The number of piperazine rings is 1. The molecule has 2 aliphatic heterocycles. The number of rotatable bonds is 5. The van der Waals surface area contributed by atoms with E-state index in [2.05, 4.69) is 53.1 Å². The largest absolute Gasteiger partial charge is 0.356 e. The highest BCUT2D eigenvalue weighted by atomic mass is 16.3. The minimum absolute atomic E-state index is 0.128. The van der Waals surface area contributed by atoms with Gasteiger partial charge in [0, 0.05) is 57.9 Å². The summed E-state index contributed by atoms with van der Waals surface area (Å²) in [6.45, 7) is 12.7. The first kappa shape index (κ1) is 20.1. The molecule has 1 unspecified atom stereocenters. The Morgan fingerprint density at radius 1 is 1.31 bits per heavy atom. The number of nitrogens with one attached hydrogen (secondary N) is 1. The molecule has 2 saturated heterocycles. The van der Waals surface area contributed by atoms with Gasteiger partial charge in [0.05, 0.1) is 17.4 Å². The van der Waals surface area contributed by atoms with Crippen molar-refractivity contribution in [2.24, 2.45) is 5.92 Å². The van der Waals surface area contributed by atoms with Crippen molar-refractivity contribution in [2.75, 3.05) is 37.6 Å². The summed E-state index contributed by atoms with van der Waals surface area (Å²) in [5.41, 5.74) is 3.03. The van der Waals surface area contributed by atoms with Gasteiger partial charge >= 0.3 is 0 Å². The predicted molar refractivity (Wildman–Crippen MR) is 112 cm³/mol. The van der Waals surface area contributed by atoms with Gasteiger partial charge in [-0.1, -0.05) is 13.8 Å². The number of carbonyl (C=O) groups excluding carboxylic acids is 1. The number of amides is 1. The van der Waals surface area contributed by atoms with E-state index in [1.807, 2.05) is 10.7 Å². The van der Waals surface area contributed by atoms with Crippen LogP contribution >= 0.6 is 0 Å². The molecule has 2 aromatic heterocycles. The molecular weight excluding hydrogens is 368 g/mol. The summed E-state index contributed by atoms with van der Waals surface area (Å²) in [6.07, 6.45) is 3.09. The number of fused-ring (bicyclic) bond motifs is 1. The third-order valence-corrected chi connectivity index (χ3v) is 5.90. The monoisotopic (exact) mass is 400 g/mol. The highest BCUT2D eigenvalue weighted by molar-refractivity contribution is 5.81. The minimum Gasteiger partial charge on any atom is -0.356 e. The average Bonchev–Trinajstić information content (AvgIpc) is 3.07. The SMILES string of the molecule is CC(C)CN1CCN(Cc2ccn3ncc(N4CCC(=O)NC4O)c3c2)C[C@@H]1C. The first-order chi connectivity index (χ1) is 13.9. The number of nitrogens with zero attached hydrogens (tertiary/aromatic N) is 5. The fourth-order valence-corrected chi connectivity index (χ4v) is 4.43. The van der Waals surface area contributed by atoms with Gasteiger partial charge in [-0.15, -0.1) is 0 Å². The quantitative estimate of drug-likeness (QED) is 0.783. The van der Waals surface area contributed by atoms with E-state index in [4.69, 9.17) is 0 Å². The van der Waals surface area contributed by atoms with Crippen molar-refractivity contribution in [3.05, 3.63) is 30.1 Å². The predicted octanol–water partition coefficient (Wildman–Crippen LogP) is 1.10. The number of hydrogen-bond acceptors (Lipinski definition) is 6. The van der Waals surface area contributed by atoms with E-state index in [0.29, 0.717) is 24.9 Å². The molecule has 2 aromatic rings. The standard InChI is InChI=1S/C21H32N6O2/c1-15(2)12-25-9-8-24(13-16(25)3)14-17-4-7-27-18(10-17)19(11-22-27)26-6-5-20(28)23-21(26)29/h4,7,10-11,15-16,21,29H,5-6,8-9,12-14H2,1-3H3,(H,23,28)/t16-,21?/m0/s1. The van der Waals surface area contributed by atoms with Gasteiger partial charge in [0.15, 0.2) is 0 Å². The Kier molecular flexibility index (Phi) is 5.76. The molecule has 0 aromatic carbocycles. The summed E-state index contributed by atoms with van der Waals surface area (Å²) < 4.78 is 1.82. The second kappa shape index (κ2) is 8.30. The first-order valence-corrected chi connectivity index (χ1v) is 10.6. The Morgan fingerprint density at radius 2 is 2.14 bits per heavy atom. The summed E-state index contributed by atoms with van der Waals surface area (Å²) >= 11 is 0. The van der Waals surface area contributed by atoms with Gasteiger partial charge in [-0.25, -0.2) is 4.52 Å². The Balaban J connectivity index is 1.47. The maximum absolute atomic E-state index is 11.5. The van der Waals surface area contributed by atoms with Crippen LogP contribution in [0.25, 0.3) is 5.52 Å². The number of hydrogen-bond donors (Lipinski definition) is 2. The molecule has 4 rings (SSSR count). The maximum atomic E-state index is 11.5. The van der Waals surface area contributed by atoms with Crippen molar-refractivity contribution in [3.63, 3.8) is 0 Å². The lowest BCUT2D eigenvalue weighted by atomic mass is 10.1. The molecule has 0 saturated carbocycles. The summed E-state index contributed by atoms with van der Waals surface area (Å²) in [7, 11) is 0. The van der Waals surface area contributed by atoms with Crippen LogP contribution in [0.2, 0.25) is 0 Å². The molecule has 2 N–H and O–H groups in total. The summed E-state index contributed by atoms with van der Waals surface area (Å²) in [6, 6.07) is 4.83. The highest BCUT2D eigenvalue weighted by Gasteiger charge is 2.27. The van der Waals surface area contributed by atoms with E-state index in [0.717, 1.165) is 43.9 Å². The van der Waals surface area contributed by atoms with Gasteiger partial charge in [0.1, 0.15) is 0 Å². The minimum atomic E-state index is -1.01. The Bertz CT molecular complexity index is 866. The number of aliphatic hydroxyl groups excluding tert-OH is 1. The van der Waals surface area contributed by atoms with Crippen LogP contribution in [-0.4, -0.2) is 75.5 Å². The smallest absolute Gasteiger partial charge is 0.225 e. The van der Waals surface area contributed by atoms with Crippen molar-refractivity contribution in [3.8, 4) is 0 Å². The molecule has 0 spiro atoms. The number of pyridine rings is 1. The molecular formula is C21H32N6O2. The van der Waals surface area contributed by atoms with Crippen LogP contribution in [-0.2, 0) is 11.3 Å². The van der Waals surface area contributed by atoms with Crippen molar-refractivity contribution in [2.45, 2.75) is 46.1 Å². The Labute approximate surface area is 172 Å². The zero-order valence-corrected chi connectivity index (χ0v) is 17.6. The molecule has 8 nitrogen and oxygen atoms in total. The number of aromatic nitrogens is 2. The van der Waals surface area contributed by atoms with Crippen molar-refractivity contribution in [1.82, 2.24) is 24.7 Å². The molecule has 1 amide bonds. The Morgan fingerprint density at radius 3 is 2.86 bits per heavy atom. The summed E-state index contributed by atoms with van der Waals surface area (Å²) in [5.74, 6) is 0.568.